The Morgan fingerprint density at radius 1 is 1.16 bits per heavy atom. The van der Waals surface area contributed by atoms with Crippen molar-refractivity contribution in [1.29, 1.82) is 0 Å². The van der Waals surface area contributed by atoms with Crippen molar-refractivity contribution in [2.75, 3.05) is 5.32 Å². The van der Waals surface area contributed by atoms with E-state index in [2.05, 4.69) is 10.5 Å². The number of nitrogens with one attached hydrogen (secondary N) is 1. The maximum absolute atomic E-state index is 12.0. The van der Waals surface area contributed by atoms with E-state index >= 15 is 0 Å². The molecule has 1 aromatic carbocycles. The number of carbonyl (C=O) groups is 1. The number of thiophene rings is 1. The average Bonchev–Trinajstić information content (AvgIpc) is 3.11. The number of carbonyl (C=O) groups excluding carboxylic acids is 1. The molecule has 94 valence electrons. The van der Waals surface area contributed by atoms with Gasteiger partial charge in [0.15, 0.2) is 11.5 Å². The lowest BCUT2D eigenvalue weighted by molar-refractivity contribution is 0.101. The molecule has 4 nitrogen and oxygen atoms in total. The van der Waals surface area contributed by atoms with Gasteiger partial charge in [0.1, 0.15) is 0 Å². The quantitative estimate of drug-likeness (QED) is 0.790. The Morgan fingerprint density at radius 2 is 2.00 bits per heavy atom. The normalized spacial score (nSPS) is 10.3. The molecule has 1 amide bonds. The van der Waals surface area contributed by atoms with E-state index in [9.17, 15) is 4.79 Å². The van der Waals surface area contributed by atoms with Crippen LogP contribution in [0.5, 0.6) is 0 Å². The third-order valence-corrected chi connectivity index (χ3v) is 3.42. The fourth-order valence-corrected chi connectivity index (χ4v) is 2.31. The highest BCUT2D eigenvalue weighted by Gasteiger charge is 2.14. The summed E-state index contributed by atoms with van der Waals surface area (Å²) >= 11 is 1.54. The minimum atomic E-state index is -0.280. The van der Waals surface area contributed by atoms with Crippen molar-refractivity contribution in [3.05, 3.63) is 59.6 Å². The first-order valence-electron chi connectivity index (χ1n) is 5.70. The summed E-state index contributed by atoms with van der Waals surface area (Å²) in [4.78, 5) is 12.9. The molecule has 2 heterocycles. The van der Waals surface area contributed by atoms with E-state index in [1.165, 1.54) is 11.3 Å². The van der Waals surface area contributed by atoms with Gasteiger partial charge in [-0.25, -0.2) is 0 Å². The first-order chi connectivity index (χ1) is 9.33. The number of amides is 1. The van der Waals surface area contributed by atoms with Gasteiger partial charge in [-0.05, 0) is 23.6 Å². The van der Waals surface area contributed by atoms with Gasteiger partial charge in [-0.2, -0.15) is 0 Å². The molecule has 0 aliphatic carbocycles. The SMILES string of the molecule is O=C(Nc1ccccc1)c1cc(-c2cccs2)on1. The van der Waals surface area contributed by atoms with Gasteiger partial charge in [0.2, 0.25) is 0 Å². The van der Waals surface area contributed by atoms with Gasteiger partial charge in [0.25, 0.3) is 5.91 Å². The first-order valence-corrected chi connectivity index (χ1v) is 6.58. The van der Waals surface area contributed by atoms with Crippen molar-refractivity contribution in [3.63, 3.8) is 0 Å². The van der Waals surface area contributed by atoms with Gasteiger partial charge >= 0.3 is 0 Å². The summed E-state index contributed by atoms with van der Waals surface area (Å²) in [6.45, 7) is 0. The Labute approximate surface area is 113 Å². The van der Waals surface area contributed by atoms with Crippen LogP contribution in [0.1, 0.15) is 10.5 Å². The molecular formula is C14H10N2O2S. The van der Waals surface area contributed by atoms with Gasteiger partial charge < -0.3 is 9.84 Å². The topological polar surface area (TPSA) is 55.1 Å². The zero-order chi connectivity index (χ0) is 13.1. The van der Waals surface area contributed by atoms with E-state index in [1.807, 2.05) is 47.8 Å². The molecular weight excluding hydrogens is 260 g/mol. The molecule has 0 atom stereocenters. The van der Waals surface area contributed by atoms with Crippen molar-refractivity contribution in [1.82, 2.24) is 5.16 Å². The second kappa shape index (κ2) is 5.07. The number of aromatic nitrogens is 1. The first kappa shape index (κ1) is 11.7. The molecule has 5 heteroatoms. The second-order valence-electron chi connectivity index (χ2n) is 3.87. The smallest absolute Gasteiger partial charge is 0.277 e. The van der Waals surface area contributed by atoms with Crippen molar-refractivity contribution in [2.45, 2.75) is 0 Å². The van der Waals surface area contributed by atoms with Crippen LogP contribution in [-0.2, 0) is 0 Å². The number of anilines is 1. The molecule has 0 aliphatic rings. The van der Waals surface area contributed by atoms with Crippen LogP contribution < -0.4 is 5.32 Å². The maximum atomic E-state index is 12.0. The Hall–Kier alpha value is -2.40. The highest BCUT2D eigenvalue weighted by Crippen LogP contribution is 2.25. The van der Waals surface area contributed by atoms with Crippen LogP contribution in [0.3, 0.4) is 0 Å². The van der Waals surface area contributed by atoms with Gasteiger partial charge in [-0.1, -0.05) is 29.4 Å². The maximum Gasteiger partial charge on any atom is 0.277 e. The standard InChI is InChI=1S/C14H10N2O2S/c17-14(15-10-5-2-1-3-6-10)11-9-12(18-16-11)13-7-4-8-19-13/h1-9H,(H,15,17). The summed E-state index contributed by atoms with van der Waals surface area (Å²) in [7, 11) is 0. The monoisotopic (exact) mass is 270 g/mol. The molecule has 2 aromatic heterocycles. The molecule has 19 heavy (non-hydrogen) atoms. The second-order valence-corrected chi connectivity index (χ2v) is 4.82. The number of nitrogens with zero attached hydrogens (tertiary/aromatic N) is 1. The lowest BCUT2D eigenvalue weighted by Gasteiger charge is -2.00. The van der Waals surface area contributed by atoms with Crippen molar-refractivity contribution in [2.24, 2.45) is 0 Å². The van der Waals surface area contributed by atoms with E-state index in [0.717, 1.165) is 10.6 Å². The van der Waals surface area contributed by atoms with Crippen LogP contribution in [-0.4, -0.2) is 11.1 Å². The molecule has 0 spiro atoms. The Bertz CT molecular complexity index is 675. The van der Waals surface area contributed by atoms with Crippen LogP contribution in [0.15, 0.2) is 58.4 Å². The van der Waals surface area contributed by atoms with E-state index in [4.69, 9.17) is 4.52 Å². The van der Waals surface area contributed by atoms with Crippen LogP contribution in [0, 0.1) is 0 Å². The molecule has 0 fully saturated rings. The minimum absolute atomic E-state index is 0.271. The number of benzene rings is 1. The molecule has 0 saturated carbocycles. The Morgan fingerprint density at radius 3 is 2.74 bits per heavy atom. The summed E-state index contributed by atoms with van der Waals surface area (Å²) in [5, 5.41) is 8.49. The zero-order valence-electron chi connectivity index (χ0n) is 9.87. The van der Waals surface area contributed by atoms with E-state index in [0.29, 0.717) is 5.76 Å². The summed E-state index contributed by atoms with van der Waals surface area (Å²) in [5.74, 6) is 0.325. The third-order valence-electron chi connectivity index (χ3n) is 2.54. The molecule has 0 unspecified atom stereocenters. The Kier molecular flexibility index (Phi) is 3.12. The van der Waals surface area contributed by atoms with E-state index in [-0.39, 0.29) is 11.6 Å². The fourth-order valence-electron chi connectivity index (χ4n) is 1.63. The minimum Gasteiger partial charge on any atom is -0.355 e. The molecule has 0 radical (unpaired) electrons. The number of para-hydroxylation sites is 1. The predicted octanol–water partition coefficient (Wildman–Crippen LogP) is 3.66. The summed E-state index contributed by atoms with van der Waals surface area (Å²) in [5.41, 5.74) is 1.00. The van der Waals surface area contributed by atoms with Gasteiger partial charge in [0.05, 0.1) is 4.88 Å². The number of rotatable bonds is 3. The van der Waals surface area contributed by atoms with Crippen molar-refractivity contribution >= 4 is 22.9 Å². The lowest BCUT2D eigenvalue weighted by atomic mass is 10.3. The highest BCUT2D eigenvalue weighted by molar-refractivity contribution is 7.13. The third kappa shape index (κ3) is 2.56. The molecule has 0 aliphatic heterocycles. The highest BCUT2D eigenvalue weighted by atomic mass is 32.1. The molecule has 3 aromatic rings. The molecule has 3 rings (SSSR count). The molecule has 0 bridgehead atoms. The zero-order valence-corrected chi connectivity index (χ0v) is 10.7. The predicted molar refractivity (Wildman–Crippen MR) is 74.2 cm³/mol. The van der Waals surface area contributed by atoms with E-state index < -0.39 is 0 Å². The summed E-state index contributed by atoms with van der Waals surface area (Å²) < 4.78 is 5.17. The van der Waals surface area contributed by atoms with Gasteiger partial charge in [0, 0.05) is 11.8 Å². The van der Waals surface area contributed by atoms with Crippen LogP contribution in [0.2, 0.25) is 0 Å². The van der Waals surface area contributed by atoms with Crippen LogP contribution in [0.4, 0.5) is 5.69 Å². The number of hydrogen-bond donors (Lipinski definition) is 1. The van der Waals surface area contributed by atoms with Crippen LogP contribution >= 0.6 is 11.3 Å². The van der Waals surface area contributed by atoms with E-state index in [1.54, 1.807) is 6.07 Å². The largest absolute Gasteiger partial charge is 0.355 e. The average molecular weight is 270 g/mol. The summed E-state index contributed by atoms with van der Waals surface area (Å²) in [6.07, 6.45) is 0. The van der Waals surface area contributed by atoms with Crippen molar-refractivity contribution < 1.29 is 9.32 Å². The van der Waals surface area contributed by atoms with Crippen molar-refractivity contribution in [3.8, 4) is 10.6 Å². The van der Waals surface area contributed by atoms with Gasteiger partial charge in [-0.15, -0.1) is 11.3 Å². The lowest BCUT2D eigenvalue weighted by Crippen LogP contribution is -2.11. The number of hydrogen-bond acceptors (Lipinski definition) is 4. The fraction of sp³-hybridized carbons (Fsp3) is 0. The molecule has 0 saturated heterocycles. The Balaban J connectivity index is 1.78. The van der Waals surface area contributed by atoms with Gasteiger partial charge in [-0.3, -0.25) is 4.79 Å². The summed E-state index contributed by atoms with van der Waals surface area (Å²) in [6, 6.07) is 14.7. The molecule has 1 N–H and O–H groups in total. The van der Waals surface area contributed by atoms with Crippen LogP contribution in [0.25, 0.3) is 10.6 Å².